The monoisotopic (exact) mass is 445 g/mol. The Morgan fingerprint density at radius 1 is 0.733 bits per heavy atom. The summed E-state index contributed by atoms with van der Waals surface area (Å²) in [4.78, 5) is 11.3. The van der Waals surface area contributed by atoms with Crippen molar-refractivity contribution in [2.24, 2.45) is 0 Å². The zero-order chi connectivity index (χ0) is 21.8. The Morgan fingerprint density at radius 2 is 1.17 bits per heavy atom. The summed E-state index contributed by atoms with van der Waals surface area (Å²) in [5.74, 6) is -0.549. The number of ether oxygens (including phenoxy) is 1. The maximum atomic E-state index is 13.3. The Morgan fingerprint density at radius 3 is 1.57 bits per heavy atom. The van der Waals surface area contributed by atoms with Gasteiger partial charge in [-0.1, -0.05) is 52.2 Å². The van der Waals surface area contributed by atoms with Crippen LogP contribution >= 0.6 is 0 Å². The number of rotatable bonds is 7. The Labute approximate surface area is 175 Å². The number of esters is 1. The number of nitrogens with zero attached hydrogens (tertiary/aromatic N) is 1. The predicted octanol–water partition coefficient (Wildman–Crippen LogP) is 3.05. The second-order valence-electron chi connectivity index (χ2n) is 6.26. The molecule has 0 heterocycles. The molecule has 0 radical (unpaired) electrons. The standard InChI is InChI=1S/C21H19NO6S2/c1-28-21(23)18-14-12-17(13-15-18)16-22(29(24,25)19-8-4-2-5-9-19)30(26,27)20-10-6-3-7-11-20/h2-15H,16H2,1H3. The highest BCUT2D eigenvalue weighted by atomic mass is 32.3. The first-order valence-electron chi connectivity index (χ1n) is 8.82. The van der Waals surface area contributed by atoms with Gasteiger partial charge in [-0.2, -0.15) is 0 Å². The van der Waals surface area contributed by atoms with Gasteiger partial charge < -0.3 is 4.74 Å². The molecule has 0 spiro atoms. The fourth-order valence-corrected chi connectivity index (χ4v) is 6.39. The van der Waals surface area contributed by atoms with Crippen LogP contribution in [0.5, 0.6) is 0 Å². The summed E-state index contributed by atoms with van der Waals surface area (Å²) >= 11 is 0. The zero-order valence-electron chi connectivity index (χ0n) is 16.0. The van der Waals surface area contributed by atoms with Crippen molar-refractivity contribution in [2.75, 3.05) is 7.11 Å². The van der Waals surface area contributed by atoms with E-state index in [1.807, 2.05) is 0 Å². The SMILES string of the molecule is COC(=O)c1ccc(CN(S(=O)(=O)c2ccccc2)S(=O)(=O)c2ccccc2)cc1. The quantitative estimate of drug-likeness (QED) is 0.519. The van der Waals surface area contributed by atoms with Crippen LogP contribution < -0.4 is 0 Å². The lowest BCUT2D eigenvalue weighted by Crippen LogP contribution is -2.36. The third-order valence-corrected chi connectivity index (χ3v) is 8.55. The smallest absolute Gasteiger partial charge is 0.337 e. The second kappa shape index (κ2) is 8.78. The van der Waals surface area contributed by atoms with E-state index in [1.54, 1.807) is 12.1 Å². The van der Waals surface area contributed by atoms with Crippen molar-refractivity contribution in [3.63, 3.8) is 0 Å². The van der Waals surface area contributed by atoms with Crippen LogP contribution in [0.2, 0.25) is 0 Å². The lowest BCUT2D eigenvalue weighted by atomic mass is 10.1. The molecule has 0 fully saturated rings. The molecular weight excluding hydrogens is 426 g/mol. The minimum absolute atomic E-state index is 0.143. The zero-order valence-corrected chi connectivity index (χ0v) is 17.6. The molecule has 0 aliphatic carbocycles. The molecule has 3 aromatic carbocycles. The number of methoxy groups -OCH3 is 1. The highest BCUT2D eigenvalue weighted by molar-refractivity contribution is 8.04. The molecule has 9 heteroatoms. The van der Waals surface area contributed by atoms with Crippen molar-refractivity contribution >= 4 is 26.0 Å². The van der Waals surface area contributed by atoms with Crippen molar-refractivity contribution in [3.05, 3.63) is 96.1 Å². The van der Waals surface area contributed by atoms with Crippen molar-refractivity contribution in [1.29, 1.82) is 0 Å². The summed E-state index contributed by atoms with van der Waals surface area (Å²) in [6.45, 7) is -0.435. The number of carbonyl (C=O) groups excluding carboxylic acids is 1. The van der Waals surface area contributed by atoms with Gasteiger partial charge in [-0.05, 0) is 42.0 Å². The lowest BCUT2D eigenvalue weighted by Gasteiger charge is -2.22. The molecule has 0 aliphatic rings. The predicted molar refractivity (Wildman–Crippen MR) is 111 cm³/mol. The van der Waals surface area contributed by atoms with Crippen molar-refractivity contribution < 1.29 is 26.4 Å². The first-order valence-corrected chi connectivity index (χ1v) is 11.7. The fourth-order valence-electron chi connectivity index (χ4n) is 2.73. The summed E-state index contributed by atoms with van der Waals surface area (Å²) < 4.78 is 58.1. The fraction of sp³-hybridized carbons (Fsp3) is 0.0952. The highest BCUT2D eigenvalue weighted by Crippen LogP contribution is 2.26. The van der Waals surface area contributed by atoms with Crippen LogP contribution in [0.3, 0.4) is 0 Å². The maximum absolute atomic E-state index is 13.3. The summed E-state index contributed by atoms with van der Waals surface area (Å²) in [7, 11) is -7.52. The number of hydrogen-bond donors (Lipinski definition) is 0. The average Bonchev–Trinajstić information content (AvgIpc) is 2.78. The second-order valence-corrected chi connectivity index (χ2v) is 10.2. The molecule has 3 rings (SSSR count). The van der Waals surface area contributed by atoms with Gasteiger partial charge in [0.05, 0.1) is 29.0 Å². The van der Waals surface area contributed by atoms with Crippen molar-refractivity contribution in [2.45, 2.75) is 16.3 Å². The van der Waals surface area contributed by atoms with Gasteiger partial charge in [0.2, 0.25) is 0 Å². The molecule has 3 aromatic rings. The van der Waals surface area contributed by atoms with Gasteiger partial charge in [-0.25, -0.2) is 21.6 Å². The molecule has 156 valence electrons. The lowest BCUT2D eigenvalue weighted by molar-refractivity contribution is 0.0600. The molecule has 0 aliphatic heterocycles. The Balaban J connectivity index is 2.08. The first-order chi connectivity index (χ1) is 14.3. The topological polar surface area (TPSA) is 97.8 Å². The molecule has 0 bridgehead atoms. The summed E-state index contributed by atoms with van der Waals surface area (Å²) in [5.41, 5.74) is 0.659. The number of carbonyl (C=O) groups is 1. The number of sulfonamides is 2. The van der Waals surface area contributed by atoms with Gasteiger partial charge in [-0.15, -0.1) is 0 Å². The Kier molecular flexibility index (Phi) is 6.35. The van der Waals surface area contributed by atoms with Gasteiger partial charge in [0, 0.05) is 0 Å². The van der Waals surface area contributed by atoms with E-state index >= 15 is 0 Å². The first kappa shape index (κ1) is 21.7. The van der Waals surface area contributed by atoms with Gasteiger partial charge >= 0.3 is 5.97 Å². The minimum atomic E-state index is -4.38. The molecule has 0 saturated carbocycles. The normalized spacial score (nSPS) is 11.9. The largest absolute Gasteiger partial charge is 0.465 e. The van der Waals surface area contributed by atoms with E-state index in [9.17, 15) is 21.6 Å². The Bertz CT molecular complexity index is 1150. The van der Waals surface area contributed by atoms with E-state index in [4.69, 9.17) is 0 Å². The van der Waals surface area contributed by atoms with E-state index < -0.39 is 32.6 Å². The van der Waals surface area contributed by atoms with Crippen LogP contribution in [-0.2, 0) is 31.3 Å². The molecule has 7 nitrogen and oxygen atoms in total. The van der Waals surface area contributed by atoms with Crippen LogP contribution in [0, 0.1) is 0 Å². The third kappa shape index (κ3) is 4.43. The van der Waals surface area contributed by atoms with Gasteiger partial charge in [0.15, 0.2) is 0 Å². The van der Waals surface area contributed by atoms with Crippen molar-refractivity contribution in [3.8, 4) is 0 Å². The average molecular weight is 446 g/mol. The molecule has 0 aromatic heterocycles. The molecule has 0 N–H and O–H groups in total. The van der Waals surface area contributed by atoms with Crippen LogP contribution in [0.1, 0.15) is 15.9 Å². The van der Waals surface area contributed by atoms with Crippen LogP contribution in [0.25, 0.3) is 0 Å². The van der Waals surface area contributed by atoms with Gasteiger partial charge in [0.25, 0.3) is 20.0 Å². The van der Waals surface area contributed by atoms with Gasteiger partial charge in [0.1, 0.15) is 0 Å². The molecule has 0 atom stereocenters. The minimum Gasteiger partial charge on any atom is -0.465 e. The van der Waals surface area contributed by atoms with E-state index in [0.717, 1.165) is 0 Å². The van der Waals surface area contributed by atoms with E-state index in [1.165, 1.54) is 79.9 Å². The van der Waals surface area contributed by atoms with Crippen LogP contribution in [0.4, 0.5) is 0 Å². The maximum Gasteiger partial charge on any atom is 0.337 e. The van der Waals surface area contributed by atoms with Crippen LogP contribution in [0.15, 0.2) is 94.7 Å². The van der Waals surface area contributed by atoms with E-state index in [0.29, 0.717) is 9.27 Å². The van der Waals surface area contributed by atoms with Gasteiger partial charge in [-0.3, -0.25) is 0 Å². The molecule has 30 heavy (non-hydrogen) atoms. The van der Waals surface area contributed by atoms with E-state index in [2.05, 4.69) is 4.74 Å². The molecular formula is C21H19NO6S2. The third-order valence-electron chi connectivity index (χ3n) is 4.31. The summed E-state index contributed by atoms with van der Waals surface area (Å²) in [5, 5.41) is 0. The van der Waals surface area contributed by atoms with Crippen LogP contribution in [-0.4, -0.2) is 33.6 Å². The molecule has 0 amide bonds. The highest BCUT2D eigenvalue weighted by Gasteiger charge is 2.36. The number of hydrogen-bond acceptors (Lipinski definition) is 6. The molecule has 0 saturated heterocycles. The number of benzene rings is 3. The Hall–Kier alpha value is -3.01. The summed E-state index contributed by atoms with van der Waals surface area (Å²) in [6, 6.07) is 20.6. The van der Waals surface area contributed by atoms with Crippen molar-refractivity contribution in [1.82, 2.24) is 3.71 Å². The summed E-state index contributed by atoms with van der Waals surface area (Å²) in [6.07, 6.45) is 0. The van der Waals surface area contributed by atoms with E-state index in [-0.39, 0.29) is 15.4 Å². The molecule has 0 unspecified atom stereocenters.